The molecule has 0 saturated carbocycles. The van der Waals surface area contributed by atoms with Crippen LogP contribution in [0.3, 0.4) is 0 Å². The molecular formula is C19H23NO3S. The highest BCUT2D eigenvalue weighted by Gasteiger charge is 2.15. The van der Waals surface area contributed by atoms with E-state index in [1.54, 1.807) is 14.2 Å². The molecule has 2 aromatic carbocycles. The first-order valence-electron chi connectivity index (χ1n) is 7.75. The number of benzene rings is 2. The van der Waals surface area contributed by atoms with Gasteiger partial charge in [-0.3, -0.25) is 4.79 Å². The van der Waals surface area contributed by atoms with Crippen molar-refractivity contribution in [3.8, 4) is 11.5 Å². The molecular weight excluding hydrogens is 322 g/mol. The smallest absolute Gasteiger partial charge is 0.233 e. The molecule has 0 aliphatic rings. The zero-order valence-corrected chi connectivity index (χ0v) is 15.3. The van der Waals surface area contributed by atoms with Crippen molar-refractivity contribution in [2.75, 3.05) is 14.2 Å². The third-order valence-corrected chi connectivity index (χ3v) is 4.72. The summed E-state index contributed by atoms with van der Waals surface area (Å²) >= 11 is 1.49. The molecule has 4 nitrogen and oxygen atoms in total. The maximum Gasteiger partial charge on any atom is 0.233 e. The van der Waals surface area contributed by atoms with Gasteiger partial charge in [-0.2, -0.15) is 0 Å². The molecule has 5 heteroatoms. The predicted octanol–water partition coefficient (Wildman–Crippen LogP) is 3.81. The van der Waals surface area contributed by atoms with Crippen molar-refractivity contribution in [3.05, 3.63) is 53.6 Å². The molecule has 1 atom stereocenters. The fourth-order valence-corrected chi connectivity index (χ4v) is 3.11. The minimum absolute atomic E-state index is 0.00959. The number of aryl methyl sites for hydroxylation is 1. The molecule has 1 amide bonds. The first kappa shape index (κ1) is 18.2. The van der Waals surface area contributed by atoms with Gasteiger partial charge in [-0.1, -0.05) is 29.8 Å². The van der Waals surface area contributed by atoms with Crippen molar-refractivity contribution in [1.29, 1.82) is 0 Å². The van der Waals surface area contributed by atoms with Gasteiger partial charge in [0.2, 0.25) is 5.91 Å². The van der Waals surface area contributed by atoms with Gasteiger partial charge in [0.25, 0.3) is 0 Å². The van der Waals surface area contributed by atoms with E-state index >= 15 is 0 Å². The number of amides is 1. The quantitative estimate of drug-likeness (QED) is 0.775. The molecule has 0 bridgehead atoms. The fourth-order valence-electron chi connectivity index (χ4n) is 2.19. The highest BCUT2D eigenvalue weighted by molar-refractivity contribution is 8.00. The van der Waals surface area contributed by atoms with Gasteiger partial charge in [-0.05, 0) is 37.6 Å². The van der Waals surface area contributed by atoms with Gasteiger partial charge in [-0.15, -0.1) is 11.8 Å². The predicted molar refractivity (Wildman–Crippen MR) is 97.9 cm³/mol. The average Bonchev–Trinajstić information content (AvgIpc) is 2.60. The SMILES string of the molecule is COc1ccc(S[C@@H](C)C(=O)NCc2ccc(C)cc2)cc1OC. The Kier molecular flexibility index (Phi) is 6.55. The Balaban J connectivity index is 1.92. The van der Waals surface area contributed by atoms with E-state index in [0.29, 0.717) is 18.0 Å². The van der Waals surface area contributed by atoms with E-state index < -0.39 is 0 Å². The van der Waals surface area contributed by atoms with Crippen molar-refractivity contribution in [2.45, 2.75) is 30.5 Å². The minimum Gasteiger partial charge on any atom is -0.493 e. The van der Waals surface area contributed by atoms with Gasteiger partial charge in [0, 0.05) is 11.4 Å². The van der Waals surface area contributed by atoms with Crippen LogP contribution in [0, 0.1) is 6.92 Å². The number of rotatable bonds is 7. The van der Waals surface area contributed by atoms with Crippen LogP contribution in [0.5, 0.6) is 11.5 Å². The molecule has 2 aromatic rings. The third-order valence-electron chi connectivity index (χ3n) is 3.62. The summed E-state index contributed by atoms with van der Waals surface area (Å²) in [5.74, 6) is 1.35. The Morgan fingerprint density at radius 2 is 1.75 bits per heavy atom. The lowest BCUT2D eigenvalue weighted by atomic mass is 10.1. The van der Waals surface area contributed by atoms with Crippen LogP contribution >= 0.6 is 11.8 Å². The van der Waals surface area contributed by atoms with Crippen LogP contribution in [-0.2, 0) is 11.3 Å². The second-order valence-corrected chi connectivity index (χ2v) is 6.89. The van der Waals surface area contributed by atoms with Crippen LogP contribution in [0.25, 0.3) is 0 Å². The van der Waals surface area contributed by atoms with Gasteiger partial charge in [0.1, 0.15) is 0 Å². The first-order valence-corrected chi connectivity index (χ1v) is 8.63. The number of hydrogen-bond donors (Lipinski definition) is 1. The molecule has 0 aliphatic carbocycles. The fraction of sp³-hybridized carbons (Fsp3) is 0.316. The topological polar surface area (TPSA) is 47.6 Å². The van der Waals surface area contributed by atoms with Crippen molar-refractivity contribution in [2.24, 2.45) is 0 Å². The lowest BCUT2D eigenvalue weighted by molar-refractivity contribution is -0.120. The summed E-state index contributed by atoms with van der Waals surface area (Å²) in [6.45, 7) is 4.48. The average molecular weight is 345 g/mol. The van der Waals surface area contributed by atoms with Crippen LogP contribution in [0.2, 0.25) is 0 Å². The van der Waals surface area contributed by atoms with E-state index in [-0.39, 0.29) is 11.2 Å². The monoisotopic (exact) mass is 345 g/mol. The molecule has 2 rings (SSSR count). The van der Waals surface area contributed by atoms with E-state index in [4.69, 9.17) is 9.47 Å². The zero-order valence-electron chi connectivity index (χ0n) is 14.5. The van der Waals surface area contributed by atoms with E-state index in [1.165, 1.54) is 17.3 Å². The Hall–Kier alpha value is -2.14. The van der Waals surface area contributed by atoms with Gasteiger partial charge >= 0.3 is 0 Å². The van der Waals surface area contributed by atoms with Crippen LogP contribution in [0.15, 0.2) is 47.4 Å². The molecule has 0 unspecified atom stereocenters. The van der Waals surface area contributed by atoms with Gasteiger partial charge in [-0.25, -0.2) is 0 Å². The summed E-state index contributed by atoms with van der Waals surface area (Å²) in [6.07, 6.45) is 0. The molecule has 0 saturated heterocycles. The zero-order chi connectivity index (χ0) is 17.5. The number of ether oxygens (including phenoxy) is 2. The van der Waals surface area contributed by atoms with Crippen molar-refractivity contribution in [1.82, 2.24) is 5.32 Å². The summed E-state index contributed by atoms with van der Waals surface area (Å²) in [4.78, 5) is 13.2. The molecule has 0 aliphatic heterocycles. The standard InChI is InChI=1S/C19H23NO3S/c1-13-5-7-15(8-6-13)12-20-19(21)14(2)24-16-9-10-17(22-3)18(11-16)23-4/h5-11,14H,12H2,1-4H3,(H,20,21)/t14-/m0/s1. The summed E-state index contributed by atoms with van der Waals surface area (Å²) in [7, 11) is 3.20. The number of carbonyl (C=O) groups excluding carboxylic acids is 1. The van der Waals surface area contributed by atoms with Gasteiger partial charge < -0.3 is 14.8 Å². The summed E-state index contributed by atoms with van der Waals surface area (Å²) in [5, 5.41) is 2.77. The summed E-state index contributed by atoms with van der Waals surface area (Å²) in [5.41, 5.74) is 2.31. The summed E-state index contributed by atoms with van der Waals surface area (Å²) < 4.78 is 10.5. The Bertz CT molecular complexity index is 686. The molecule has 0 radical (unpaired) electrons. The molecule has 0 aromatic heterocycles. The van der Waals surface area contributed by atoms with Crippen LogP contribution < -0.4 is 14.8 Å². The lowest BCUT2D eigenvalue weighted by Crippen LogP contribution is -2.30. The maximum atomic E-state index is 12.3. The maximum absolute atomic E-state index is 12.3. The number of nitrogens with one attached hydrogen (secondary N) is 1. The van der Waals surface area contributed by atoms with E-state index in [2.05, 4.69) is 5.32 Å². The number of hydrogen-bond acceptors (Lipinski definition) is 4. The summed E-state index contributed by atoms with van der Waals surface area (Å²) in [6, 6.07) is 13.8. The highest BCUT2D eigenvalue weighted by atomic mass is 32.2. The molecule has 0 spiro atoms. The first-order chi connectivity index (χ1) is 11.5. The molecule has 24 heavy (non-hydrogen) atoms. The van der Waals surface area contributed by atoms with Gasteiger partial charge in [0.05, 0.1) is 19.5 Å². The molecule has 0 heterocycles. The number of thioether (sulfide) groups is 1. The third kappa shape index (κ3) is 4.93. The Morgan fingerprint density at radius 3 is 2.38 bits per heavy atom. The van der Waals surface area contributed by atoms with Crippen molar-refractivity contribution >= 4 is 17.7 Å². The second-order valence-electron chi connectivity index (χ2n) is 5.48. The minimum atomic E-state index is -0.200. The van der Waals surface area contributed by atoms with E-state index in [9.17, 15) is 4.79 Å². The molecule has 1 N–H and O–H groups in total. The van der Waals surface area contributed by atoms with Crippen molar-refractivity contribution in [3.63, 3.8) is 0 Å². The largest absolute Gasteiger partial charge is 0.493 e. The van der Waals surface area contributed by atoms with E-state index in [1.807, 2.05) is 56.3 Å². The van der Waals surface area contributed by atoms with E-state index in [0.717, 1.165) is 10.5 Å². The molecule has 0 fully saturated rings. The lowest BCUT2D eigenvalue weighted by Gasteiger charge is -2.14. The van der Waals surface area contributed by atoms with Crippen LogP contribution in [0.4, 0.5) is 0 Å². The highest BCUT2D eigenvalue weighted by Crippen LogP contribution is 2.33. The Morgan fingerprint density at radius 1 is 1.08 bits per heavy atom. The molecule has 128 valence electrons. The van der Waals surface area contributed by atoms with Crippen LogP contribution in [-0.4, -0.2) is 25.4 Å². The van der Waals surface area contributed by atoms with Gasteiger partial charge in [0.15, 0.2) is 11.5 Å². The normalized spacial score (nSPS) is 11.7. The Labute approximate surface area is 147 Å². The van der Waals surface area contributed by atoms with Crippen LogP contribution in [0.1, 0.15) is 18.1 Å². The number of carbonyl (C=O) groups is 1. The second kappa shape index (κ2) is 8.64. The van der Waals surface area contributed by atoms with Crippen molar-refractivity contribution < 1.29 is 14.3 Å². The number of methoxy groups -OCH3 is 2.